The summed E-state index contributed by atoms with van der Waals surface area (Å²) >= 11 is 0. The van der Waals surface area contributed by atoms with Crippen LogP contribution in [-0.2, 0) is 17.2 Å². The highest BCUT2D eigenvalue weighted by atomic mass is 32.2. The van der Waals surface area contributed by atoms with Gasteiger partial charge in [0.05, 0.1) is 25.1 Å². The zero-order valence-electron chi connectivity index (χ0n) is 17.1. The van der Waals surface area contributed by atoms with Crippen molar-refractivity contribution in [1.82, 2.24) is 10.2 Å². The maximum Gasteiger partial charge on any atom is 0.425 e. The Kier molecular flexibility index (Phi) is 8.74. The number of aromatic nitrogens is 2. The highest BCUT2D eigenvalue weighted by Crippen LogP contribution is 2.20. The van der Waals surface area contributed by atoms with Gasteiger partial charge in [-0.05, 0) is 60.0 Å². The molecule has 0 fully saturated rings. The van der Waals surface area contributed by atoms with Crippen LogP contribution < -0.4 is 10.5 Å². The van der Waals surface area contributed by atoms with E-state index in [4.69, 9.17) is 23.1 Å². The summed E-state index contributed by atoms with van der Waals surface area (Å²) < 4.78 is 30.7. The van der Waals surface area contributed by atoms with Gasteiger partial charge in [-0.1, -0.05) is 30.4 Å². The van der Waals surface area contributed by atoms with Gasteiger partial charge in [0.1, 0.15) is 5.75 Å². The molecule has 31 heavy (non-hydrogen) atoms. The number of H-pyrrole nitrogens is 1. The molecule has 2 aromatic carbocycles. The van der Waals surface area contributed by atoms with E-state index in [2.05, 4.69) is 10.2 Å². The summed E-state index contributed by atoms with van der Waals surface area (Å²) in [6.45, 7) is 1.94. The molecule has 0 aliphatic carbocycles. The molecule has 162 valence electrons. The van der Waals surface area contributed by atoms with Crippen LogP contribution in [0.1, 0.15) is 33.6 Å². The summed E-state index contributed by atoms with van der Waals surface area (Å²) in [6, 6.07) is 13.6. The second-order valence-corrected chi connectivity index (χ2v) is 6.87. The number of rotatable bonds is 6. The van der Waals surface area contributed by atoms with Crippen molar-refractivity contribution in [3.63, 3.8) is 0 Å². The van der Waals surface area contributed by atoms with E-state index in [1.54, 1.807) is 13.2 Å². The molecule has 0 unspecified atom stereocenters. The number of hydrogen-bond acceptors (Lipinski definition) is 7. The third-order valence-corrected chi connectivity index (χ3v) is 4.29. The number of ether oxygens (including phenoxy) is 1. The highest BCUT2D eigenvalue weighted by molar-refractivity contribution is 7.59. The highest BCUT2D eigenvalue weighted by Gasteiger charge is 2.00. The number of hydrogen-bond donors (Lipinski definition) is 3. The Morgan fingerprint density at radius 2 is 1.68 bits per heavy atom. The standard InChI is InChI=1S/C22H23N3O2.O3S/c1-15-3-4-17(12-22(15)27-2)6-9-20-13-19(24-25-20)8-5-16-7-10-21(23)18(11-16)14-26;1-4(2)3/h3-13,26H,14,23H2,1-2H3,(H,24,25);/b8-5+,9-6+;. The number of nitrogens with two attached hydrogens (primary N) is 1. The molecule has 9 heteroatoms. The van der Waals surface area contributed by atoms with Gasteiger partial charge >= 0.3 is 10.6 Å². The Balaban J connectivity index is 0.000000785. The first-order valence-electron chi connectivity index (χ1n) is 9.14. The van der Waals surface area contributed by atoms with E-state index < -0.39 is 10.6 Å². The normalized spacial score (nSPS) is 10.8. The number of anilines is 1. The first-order chi connectivity index (χ1) is 14.8. The molecule has 0 saturated carbocycles. The largest absolute Gasteiger partial charge is 0.496 e. The Morgan fingerprint density at radius 3 is 2.35 bits per heavy atom. The lowest BCUT2D eigenvalue weighted by Gasteiger charge is -2.04. The molecule has 0 saturated heterocycles. The molecule has 0 spiro atoms. The van der Waals surface area contributed by atoms with E-state index in [1.165, 1.54) is 0 Å². The predicted molar refractivity (Wildman–Crippen MR) is 121 cm³/mol. The molecule has 1 aromatic heterocycles. The topological polar surface area (TPSA) is 135 Å². The van der Waals surface area contributed by atoms with Crippen molar-refractivity contribution in [2.45, 2.75) is 13.5 Å². The number of methoxy groups -OCH3 is 1. The van der Waals surface area contributed by atoms with Crippen molar-refractivity contribution >= 4 is 40.6 Å². The first kappa shape index (κ1) is 23.6. The van der Waals surface area contributed by atoms with Crippen LogP contribution in [0, 0.1) is 6.92 Å². The maximum atomic E-state index is 9.30. The minimum atomic E-state index is -3.11. The van der Waals surface area contributed by atoms with Gasteiger partial charge in [-0.25, -0.2) is 0 Å². The van der Waals surface area contributed by atoms with Gasteiger partial charge in [0.25, 0.3) is 0 Å². The minimum absolute atomic E-state index is 0.0747. The Bertz CT molecular complexity index is 1110. The molecule has 0 atom stereocenters. The summed E-state index contributed by atoms with van der Waals surface area (Å²) in [5.74, 6) is 0.871. The smallest absolute Gasteiger partial charge is 0.425 e. The van der Waals surface area contributed by atoms with Crippen LogP contribution in [0.15, 0.2) is 42.5 Å². The van der Waals surface area contributed by atoms with Crippen LogP contribution in [0.4, 0.5) is 5.69 Å². The van der Waals surface area contributed by atoms with Gasteiger partial charge < -0.3 is 15.6 Å². The maximum absolute atomic E-state index is 9.30. The van der Waals surface area contributed by atoms with Crippen molar-refractivity contribution in [3.8, 4) is 5.75 Å². The van der Waals surface area contributed by atoms with Gasteiger partial charge in [0.2, 0.25) is 0 Å². The molecule has 3 aromatic rings. The predicted octanol–water partition coefficient (Wildman–Crippen LogP) is 3.14. The van der Waals surface area contributed by atoms with Crippen LogP contribution in [-0.4, -0.2) is 35.0 Å². The zero-order chi connectivity index (χ0) is 22.8. The van der Waals surface area contributed by atoms with Crippen LogP contribution in [0.2, 0.25) is 0 Å². The SMILES string of the molecule is COc1cc(/C=C/c2cc(/C=C/c3ccc(N)c(CO)c3)n[nH]2)ccc1C.O=S(=O)=O. The summed E-state index contributed by atoms with van der Waals surface area (Å²) in [4.78, 5) is 0. The number of nitrogens with one attached hydrogen (secondary N) is 1. The second-order valence-electron chi connectivity index (χ2n) is 6.46. The summed E-state index contributed by atoms with van der Waals surface area (Å²) in [5, 5.41) is 16.6. The number of nitrogen functional groups attached to an aromatic ring is 1. The molecule has 0 amide bonds. The molecule has 1 heterocycles. The van der Waals surface area contributed by atoms with E-state index >= 15 is 0 Å². The Labute approximate surface area is 181 Å². The minimum Gasteiger partial charge on any atom is -0.496 e. The number of aryl methyl sites for hydroxylation is 1. The van der Waals surface area contributed by atoms with Crippen LogP contribution in [0.25, 0.3) is 24.3 Å². The fourth-order valence-electron chi connectivity index (χ4n) is 2.70. The van der Waals surface area contributed by atoms with Crippen molar-refractivity contribution in [2.75, 3.05) is 12.8 Å². The van der Waals surface area contributed by atoms with Crippen molar-refractivity contribution in [1.29, 1.82) is 0 Å². The quantitative estimate of drug-likeness (QED) is 0.500. The van der Waals surface area contributed by atoms with Gasteiger partial charge in [-0.15, -0.1) is 12.6 Å². The zero-order valence-corrected chi connectivity index (χ0v) is 17.9. The molecule has 8 nitrogen and oxygen atoms in total. The molecule has 4 N–H and O–H groups in total. The second kappa shape index (κ2) is 11.5. The molecule has 0 bridgehead atoms. The molecular formula is C22H23N3O5S. The van der Waals surface area contributed by atoms with Crippen molar-refractivity contribution in [2.24, 2.45) is 0 Å². The van der Waals surface area contributed by atoms with E-state index in [9.17, 15) is 5.11 Å². The fourth-order valence-corrected chi connectivity index (χ4v) is 2.70. The van der Waals surface area contributed by atoms with Crippen molar-refractivity contribution < 1.29 is 22.5 Å². The Morgan fingerprint density at radius 1 is 1.03 bits per heavy atom. The monoisotopic (exact) mass is 441 g/mol. The lowest BCUT2D eigenvalue weighted by atomic mass is 10.1. The number of aliphatic hydroxyl groups is 1. The van der Waals surface area contributed by atoms with Crippen molar-refractivity contribution in [3.05, 3.63) is 76.1 Å². The van der Waals surface area contributed by atoms with E-state index in [1.807, 2.05) is 67.6 Å². The number of aromatic amines is 1. The summed E-state index contributed by atoms with van der Waals surface area (Å²) in [6.07, 6.45) is 7.83. The van der Waals surface area contributed by atoms with E-state index in [-0.39, 0.29) is 6.61 Å². The molecular weight excluding hydrogens is 418 g/mol. The lowest BCUT2D eigenvalue weighted by Crippen LogP contribution is -1.93. The fraction of sp³-hybridized carbons (Fsp3) is 0.136. The Hall–Kier alpha value is -3.69. The molecule has 0 aliphatic heterocycles. The van der Waals surface area contributed by atoms with Gasteiger partial charge in [-0.2, -0.15) is 5.10 Å². The van der Waals surface area contributed by atoms with E-state index in [0.717, 1.165) is 39.4 Å². The third kappa shape index (κ3) is 7.57. The number of aliphatic hydroxyl groups excluding tert-OH is 1. The lowest BCUT2D eigenvalue weighted by molar-refractivity contribution is 0.282. The average Bonchev–Trinajstić information content (AvgIpc) is 3.20. The summed E-state index contributed by atoms with van der Waals surface area (Å²) in [5.41, 5.74) is 12.0. The van der Waals surface area contributed by atoms with E-state index in [0.29, 0.717) is 5.69 Å². The average molecular weight is 442 g/mol. The van der Waals surface area contributed by atoms with Gasteiger partial charge in [0, 0.05) is 11.3 Å². The third-order valence-electron chi connectivity index (χ3n) is 4.29. The first-order valence-corrected chi connectivity index (χ1v) is 10.1. The van der Waals surface area contributed by atoms with Crippen LogP contribution >= 0.6 is 0 Å². The molecule has 0 aliphatic rings. The molecule has 0 radical (unpaired) electrons. The van der Waals surface area contributed by atoms with Gasteiger partial charge in [-0.3, -0.25) is 5.10 Å². The molecule has 3 rings (SSSR count). The number of benzene rings is 2. The van der Waals surface area contributed by atoms with Gasteiger partial charge in [0.15, 0.2) is 0 Å². The van der Waals surface area contributed by atoms with Crippen LogP contribution in [0.3, 0.4) is 0 Å². The van der Waals surface area contributed by atoms with Crippen LogP contribution in [0.5, 0.6) is 5.75 Å². The number of nitrogens with zero attached hydrogens (tertiary/aromatic N) is 1. The summed E-state index contributed by atoms with van der Waals surface area (Å²) in [7, 11) is -1.44.